The zero-order valence-corrected chi connectivity index (χ0v) is 17.4. The minimum absolute atomic E-state index is 0.131. The van der Waals surface area contributed by atoms with Crippen LogP contribution in [-0.4, -0.2) is 66.9 Å². The number of aromatic amines is 1. The van der Waals surface area contributed by atoms with Gasteiger partial charge in [-0.3, -0.25) is 14.4 Å². The van der Waals surface area contributed by atoms with Crippen molar-refractivity contribution in [3.05, 3.63) is 66.1 Å². The van der Waals surface area contributed by atoms with Gasteiger partial charge in [-0.05, 0) is 24.3 Å². The molecule has 1 fully saturated rings. The summed E-state index contributed by atoms with van der Waals surface area (Å²) in [5, 5.41) is 6.18. The molecule has 166 valence electrons. The van der Waals surface area contributed by atoms with Gasteiger partial charge in [-0.15, -0.1) is 0 Å². The number of carbonyl (C=O) groups excluding carboxylic acids is 3. The number of fused-ring (bicyclic) bond motifs is 1. The van der Waals surface area contributed by atoms with Crippen LogP contribution in [0.5, 0.6) is 0 Å². The lowest BCUT2D eigenvalue weighted by molar-refractivity contribution is -0.146. The van der Waals surface area contributed by atoms with Gasteiger partial charge in [0.25, 0.3) is 5.91 Å². The minimum atomic E-state index is -0.718. The van der Waals surface area contributed by atoms with E-state index in [1.165, 1.54) is 11.0 Å². The number of halogens is 1. The molecule has 9 heteroatoms. The van der Waals surface area contributed by atoms with Gasteiger partial charge in [-0.25, -0.2) is 4.39 Å². The molecule has 8 nitrogen and oxygen atoms in total. The molecule has 0 spiro atoms. The normalized spacial score (nSPS) is 13.8. The van der Waals surface area contributed by atoms with Gasteiger partial charge in [-0.2, -0.15) is 0 Å². The molecule has 0 saturated carbocycles. The van der Waals surface area contributed by atoms with Crippen LogP contribution in [0, 0.1) is 5.82 Å². The second-order valence-electron chi connectivity index (χ2n) is 7.51. The molecular weight excluding hydrogens is 413 g/mol. The van der Waals surface area contributed by atoms with Gasteiger partial charge in [0.2, 0.25) is 0 Å². The first-order chi connectivity index (χ1) is 15.5. The summed E-state index contributed by atoms with van der Waals surface area (Å²) in [5.41, 5.74) is 1.79. The van der Waals surface area contributed by atoms with Crippen LogP contribution in [0.25, 0.3) is 10.9 Å². The molecule has 1 aromatic heterocycles. The van der Waals surface area contributed by atoms with E-state index in [-0.39, 0.29) is 24.8 Å². The third kappa shape index (κ3) is 4.72. The summed E-state index contributed by atoms with van der Waals surface area (Å²) in [6.45, 7) is 1.87. The number of para-hydroxylation sites is 2. The largest absolute Gasteiger partial charge is 0.366 e. The minimum Gasteiger partial charge on any atom is -0.366 e. The fourth-order valence-electron chi connectivity index (χ4n) is 3.72. The summed E-state index contributed by atoms with van der Waals surface area (Å²) in [6, 6.07) is 15.8. The number of aromatic nitrogens is 1. The van der Waals surface area contributed by atoms with Crippen molar-refractivity contribution in [2.45, 2.75) is 0 Å². The topological polar surface area (TPSA) is 97.5 Å². The second-order valence-corrected chi connectivity index (χ2v) is 7.51. The predicted octanol–water partition coefficient (Wildman–Crippen LogP) is 1.50. The Bertz CT molecular complexity index is 1100. The quantitative estimate of drug-likeness (QED) is 0.416. The molecule has 0 aliphatic carbocycles. The highest BCUT2D eigenvalue weighted by Gasteiger charge is 2.26. The van der Waals surface area contributed by atoms with Crippen LogP contribution < -0.4 is 15.5 Å². The maximum absolute atomic E-state index is 13.9. The van der Waals surface area contributed by atoms with E-state index < -0.39 is 11.8 Å². The van der Waals surface area contributed by atoms with Crippen LogP contribution in [0.1, 0.15) is 10.5 Å². The molecule has 2 heterocycles. The summed E-state index contributed by atoms with van der Waals surface area (Å²) in [5.74, 6) is -1.94. The van der Waals surface area contributed by atoms with Crippen LogP contribution in [0.4, 0.5) is 10.1 Å². The van der Waals surface area contributed by atoms with E-state index in [0.717, 1.165) is 10.9 Å². The number of anilines is 1. The molecule has 32 heavy (non-hydrogen) atoms. The maximum Gasteiger partial charge on any atom is 0.312 e. The van der Waals surface area contributed by atoms with Crippen molar-refractivity contribution >= 4 is 34.3 Å². The lowest BCUT2D eigenvalue weighted by Crippen LogP contribution is -2.53. The molecule has 0 unspecified atom stereocenters. The lowest BCUT2D eigenvalue weighted by Gasteiger charge is -2.35. The highest BCUT2D eigenvalue weighted by atomic mass is 19.1. The Kier molecular flexibility index (Phi) is 6.34. The number of amides is 3. The number of nitrogens with one attached hydrogen (secondary N) is 3. The smallest absolute Gasteiger partial charge is 0.312 e. The summed E-state index contributed by atoms with van der Waals surface area (Å²) in [6.07, 6.45) is 0. The molecule has 4 rings (SSSR count). The standard InChI is InChI=1S/C23H24FN5O3/c24-17-6-2-4-8-20(17)28-11-13-29(14-12-28)23(32)22(31)26-10-9-25-21(30)19-15-16-5-1-3-7-18(16)27-19/h1-8,15,27H,9-14H2,(H,25,30)(H,26,31). The first-order valence-corrected chi connectivity index (χ1v) is 10.5. The highest BCUT2D eigenvalue weighted by molar-refractivity contribution is 6.35. The zero-order chi connectivity index (χ0) is 22.5. The Hall–Kier alpha value is -3.88. The van der Waals surface area contributed by atoms with Crippen LogP contribution in [0.15, 0.2) is 54.6 Å². The van der Waals surface area contributed by atoms with E-state index in [4.69, 9.17) is 0 Å². The third-order valence-electron chi connectivity index (χ3n) is 5.42. The van der Waals surface area contributed by atoms with Crippen molar-refractivity contribution < 1.29 is 18.8 Å². The van der Waals surface area contributed by atoms with E-state index in [1.54, 1.807) is 24.3 Å². The number of benzene rings is 2. The van der Waals surface area contributed by atoms with Crippen LogP contribution in [0.3, 0.4) is 0 Å². The number of hydrogen-bond acceptors (Lipinski definition) is 4. The second kappa shape index (κ2) is 9.51. The van der Waals surface area contributed by atoms with Crippen molar-refractivity contribution in [2.75, 3.05) is 44.2 Å². The highest BCUT2D eigenvalue weighted by Crippen LogP contribution is 2.20. The van der Waals surface area contributed by atoms with Crippen molar-refractivity contribution in [1.82, 2.24) is 20.5 Å². The Morgan fingerprint density at radius 1 is 0.906 bits per heavy atom. The number of H-pyrrole nitrogens is 1. The number of piperazine rings is 1. The third-order valence-corrected chi connectivity index (χ3v) is 5.42. The van der Waals surface area contributed by atoms with Crippen LogP contribution >= 0.6 is 0 Å². The molecule has 1 aliphatic heterocycles. The molecular formula is C23H24FN5O3. The van der Waals surface area contributed by atoms with Crippen LogP contribution in [0.2, 0.25) is 0 Å². The Balaban J connectivity index is 1.19. The van der Waals surface area contributed by atoms with E-state index in [9.17, 15) is 18.8 Å². The van der Waals surface area contributed by atoms with Gasteiger partial charge in [0.1, 0.15) is 11.5 Å². The van der Waals surface area contributed by atoms with E-state index in [1.807, 2.05) is 29.2 Å². The number of rotatable bonds is 5. The summed E-state index contributed by atoms with van der Waals surface area (Å²) >= 11 is 0. The first-order valence-electron chi connectivity index (χ1n) is 10.5. The molecule has 3 aromatic rings. The van der Waals surface area contributed by atoms with E-state index >= 15 is 0 Å². The van der Waals surface area contributed by atoms with Gasteiger partial charge in [-0.1, -0.05) is 30.3 Å². The van der Waals surface area contributed by atoms with Gasteiger partial charge < -0.3 is 25.4 Å². The fraction of sp³-hybridized carbons (Fsp3) is 0.261. The SMILES string of the molecule is O=C(NCCNC(=O)c1cc2ccccc2[nH]1)C(=O)N1CCN(c2ccccc2F)CC1. The van der Waals surface area contributed by atoms with Gasteiger partial charge in [0.15, 0.2) is 0 Å². The summed E-state index contributed by atoms with van der Waals surface area (Å²) < 4.78 is 13.9. The Morgan fingerprint density at radius 2 is 1.59 bits per heavy atom. The van der Waals surface area contributed by atoms with Gasteiger partial charge in [0, 0.05) is 50.2 Å². The molecule has 1 aliphatic rings. The van der Waals surface area contributed by atoms with Crippen molar-refractivity contribution in [2.24, 2.45) is 0 Å². The monoisotopic (exact) mass is 437 g/mol. The Morgan fingerprint density at radius 3 is 2.34 bits per heavy atom. The predicted molar refractivity (Wildman–Crippen MR) is 119 cm³/mol. The maximum atomic E-state index is 13.9. The first kappa shape index (κ1) is 21.4. The number of carbonyl (C=O) groups is 3. The fourth-order valence-corrected chi connectivity index (χ4v) is 3.72. The van der Waals surface area contributed by atoms with Crippen LogP contribution in [-0.2, 0) is 9.59 Å². The average Bonchev–Trinajstić information content (AvgIpc) is 3.26. The lowest BCUT2D eigenvalue weighted by atomic mass is 10.2. The van der Waals surface area contributed by atoms with Crippen molar-refractivity contribution in [3.8, 4) is 0 Å². The Labute approximate surface area is 184 Å². The molecule has 3 N–H and O–H groups in total. The zero-order valence-electron chi connectivity index (χ0n) is 17.4. The van der Waals surface area contributed by atoms with Gasteiger partial charge in [0.05, 0.1) is 5.69 Å². The number of nitrogens with zero attached hydrogens (tertiary/aromatic N) is 2. The molecule has 0 radical (unpaired) electrons. The number of hydrogen-bond donors (Lipinski definition) is 3. The van der Waals surface area contributed by atoms with Crippen molar-refractivity contribution in [3.63, 3.8) is 0 Å². The van der Waals surface area contributed by atoms with E-state index in [2.05, 4.69) is 15.6 Å². The average molecular weight is 437 g/mol. The molecule has 0 atom stereocenters. The summed E-state index contributed by atoms with van der Waals surface area (Å²) in [7, 11) is 0. The molecule has 2 aromatic carbocycles. The van der Waals surface area contributed by atoms with E-state index in [0.29, 0.717) is 37.6 Å². The summed E-state index contributed by atoms with van der Waals surface area (Å²) in [4.78, 5) is 43.2. The molecule has 3 amide bonds. The van der Waals surface area contributed by atoms with Crippen molar-refractivity contribution in [1.29, 1.82) is 0 Å². The molecule has 0 bridgehead atoms. The van der Waals surface area contributed by atoms with Gasteiger partial charge >= 0.3 is 11.8 Å². The molecule has 1 saturated heterocycles.